The summed E-state index contributed by atoms with van der Waals surface area (Å²) in [7, 11) is 0. The molecule has 0 fully saturated rings. The van der Waals surface area contributed by atoms with E-state index in [0.29, 0.717) is 0 Å². The van der Waals surface area contributed by atoms with Gasteiger partial charge >= 0.3 is 58.2 Å². The van der Waals surface area contributed by atoms with Crippen molar-refractivity contribution >= 4 is 16.9 Å². The molecule has 0 aliphatic carbocycles. The zero-order valence-corrected chi connectivity index (χ0v) is 17.0. The Hall–Kier alpha value is 0.225. The molecule has 0 radical (unpaired) electrons. The molecule has 0 atom stereocenters. The minimum absolute atomic E-state index is 0. The molecule has 0 amide bonds. The van der Waals surface area contributed by atoms with Gasteiger partial charge in [-0.15, -0.1) is 0 Å². The number of aryl methyl sites for hydroxylation is 2. The third-order valence-electron chi connectivity index (χ3n) is 3.45. The second kappa shape index (κ2) is 6.79. The van der Waals surface area contributed by atoms with Crippen LogP contribution in [0.15, 0.2) is 12.4 Å². The van der Waals surface area contributed by atoms with E-state index in [2.05, 4.69) is 39.8 Å². The van der Waals surface area contributed by atoms with Crippen molar-refractivity contribution in [2.75, 3.05) is 0 Å². The number of rotatable bonds is 2. The Morgan fingerprint density at radius 2 is 2.05 bits per heavy atom. The molecule has 19 heavy (non-hydrogen) atoms. The Balaban J connectivity index is 0.00000133. The Labute approximate surface area is 163 Å². The Morgan fingerprint density at radius 1 is 1.21 bits per heavy atom. The third-order valence-corrected chi connectivity index (χ3v) is 3.45. The standard InChI is InChI=1S/C14H19N4.Rb/c1-10(2)17-14-13-12(15-9-16-14)8-11-6-4-3-5-7-18(11)13;/h8-10H,3-7H2,1-2H3;/q-1;+1. The van der Waals surface area contributed by atoms with E-state index in [1.165, 1.54) is 25.0 Å². The van der Waals surface area contributed by atoms with Gasteiger partial charge < -0.3 is 14.9 Å². The normalized spacial score (nSPS) is 14.9. The van der Waals surface area contributed by atoms with Gasteiger partial charge in [0.15, 0.2) is 0 Å². The van der Waals surface area contributed by atoms with Gasteiger partial charge in [0.1, 0.15) is 0 Å². The van der Waals surface area contributed by atoms with Crippen LogP contribution in [0.5, 0.6) is 0 Å². The molecule has 4 nitrogen and oxygen atoms in total. The molecule has 0 saturated carbocycles. The van der Waals surface area contributed by atoms with Crippen molar-refractivity contribution in [3.8, 4) is 0 Å². The topological polar surface area (TPSA) is 44.8 Å². The van der Waals surface area contributed by atoms with Gasteiger partial charge in [-0.3, -0.25) is 4.98 Å². The summed E-state index contributed by atoms with van der Waals surface area (Å²) in [6.07, 6.45) is 6.61. The van der Waals surface area contributed by atoms with E-state index in [1.54, 1.807) is 6.33 Å². The van der Waals surface area contributed by atoms with Crippen molar-refractivity contribution in [1.82, 2.24) is 14.5 Å². The second-order valence-electron chi connectivity index (χ2n) is 5.25. The second-order valence-corrected chi connectivity index (χ2v) is 5.25. The van der Waals surface area contributed by atoms with Crippen LogP contribution in [0, 0.1) is 0 Å². The Bertz CT molecular complexity index is 562. The fraction of sp³-hybridized carbons (Fsp3) is 0.571. The quantitative estimate of drug-likeness (QED) is 0.809. The molecule has 1 aliphatic heterocycles. The minimum atomic E-state index is 0. The van der Waals surface area contributed by atoms with Crippen LogP contribution in [0.4, 0.5) is 5.82 Å². The van der Waals surface area contributed by atoms with Crippen molar-refractivity contribution in [3.63, 3.8) is 0 Å². The number of aromatic nitrogens is 3. The predicted molar refractivity (Wildman–Crippen MR) is 73.2 cm³/mol. The molecule has 2 aromatic rings. The molecule has 0 spiro atoms. The van der Waals surface area contributed by atoms with Crippen LogP contribution < -0.4 is 58.2 Å². The van der Waals surface area contributed by atoms with E-state index in [4.69, 9.17) is 0 Å². The van der Waals surface area contributed by atoms with Crippen molar-refractivity contribution in [1.29, 1.82) is 0 Å². The van der Waals surface area contributed by atoms with Crippen LogP contribution in [-0.4, -0.2) is 20.6 Å². The molecule has 0 bridgehead atoms. The monoisotopic (exact) mass is 328 g/mol. The molecule has 1 aliphatic rings. The summed E-state index contributed by atoms with van der Waals surface area (Å²) in [5, 5.41) is 4.63. The van der Waals surface area contributed by atoms with Crippen molar-refractivity contribution < 1.29 is 58.2 Å². The van der Waals surface area contributed by atoms with Crippen LogP contribution in [-0.2, 0) is 13.0 Å². The summed E-state index contributed by atoms with van der Waals surface area (Å²) in [6.45, 7) is 5.24. The molecule has 5 heteroatoms. The van der Waals surface area contributed by atoms with E-state index in [9.17, 15) is 0 Å². The summed E-state index contributed by atoms with van der Waals surface area (Å²) in [5.41, 5.74) is 3.56. The molecule has 3 heterocycles. The maximum Gasteiger partial charge on any atom is 1.00 e. The van der Waals surface area contributed by atoms with Gasteiger partial charge in [0.05, 0.1) is 11.0 Å². The fourth-order valence-electron chi connectivity index (χ4n) is 2.68. The molecule has 3 rings (SSSR count). The average molecular weight is 329 g/mol. The van der Waals surface area contributed by atoms with Gasteiger partial charge in [-0.05, 0) is 37.2 Å². The minimum Gasteiger partial charge on any atom is -0.461 e. The molecule has 2 aromatic heterocycles. The Kier molecular flexibility index (Phi) is 5.58. The maximum atomic E-state index is 4.63. The zero-order chi connectivity index (χ0) is 12.5. The Morgan fingerprint density at radius 3 is 2.84 bits per heavy atom. The largest absolute Gasteiger partial charge is 1.00 e. The van der Waals surface area contributed by atoms with Gasteiger partial charge in [-0.2, -0.15) is 0 Å². The summed E-state index contributed by atoms with van der Waals surface area (Å²) in [5.74, 6) is 0.850. The number of fused-ring (bicyclic) bond motifs is 3. The molecule has 0 saturated heterocycles. The number of hydrogen-bond acceptors (Lipinski definition) is 2. The van der Waals surface area contributed by atoms with Crippen LogP contribution in [0.25, 0.3) is 16.4 Å². The van der Waals surface area contributed by atoms with Gasteiger partial charge in [-0.25, -0.2) is 0 Å². The van der Waals surface area contributed by atoms with Gasteiger partial charge in [0.25, 0.3) is 0 Å². The van der Waals surface area contributed by atoms with Gasteiger partial charge in [0, 0.05) is 18.6 Å². The van der Waals surface area contributed by atoms with Crippen molar-refractivity contribution in [2.24, 2.45) is 0 Å². The van der Waals surface area contributed by atoms with Crippen LogP contribution in [0.1, 0.15) is 38.8 Å². The SMILES string of the molecule is CC(C)[N-]c1ncnc2cc3n(c12)CCCCC3.[Rb+]. The van der Waals surface area contributed by atoms with Crippen LogP contribution in [0.2, 0.25) is 0 Å². The first-order valence-corrected chi connectivity index (χ1v) is 6.79. The summed E-state index contributed by atoms with van der Waals surface area (Å²) >= 11 is 0. The number of hydrogen-bond donors (Lipinski definition) is 0. The number of nitrogens with zero attached hydrogens (tertiary/aromatic N) is 4. The van der Waals surface area contributed by atoms with E-state index < -0.39 is 0 Å². The summed E-state index contributed by atoms with van der Waals surface area (Å²) < 4.78 is 2.38. The first-order valence-electron chi connectivity index (χ1n) is 6.79. The van der Waals surface area contributed by atoms with Crippen LogP contribution in [0.3, 0.4) is 0 Å². The summed E-state index contributed by atoms with van der Waals surface area (Å²) in [6, 6.07) is 2.47. The molecular formula is C14H19N4Rb. The maximum absolute atomic E-state index is 4.63. The molecule has 0 N–H and O–H groups in total. The van der Waals surface area contributed by atoms with Crippen molar-refractivity contribution in [3.05, 3.63) is 23.4 Å². The van der Waals surface area contributed by atoms with E-state index in [0.717, 1.165) is 29.8 Å². The van der Waals surface area contributed by atoms with Crippen LogP contribution >= 0.6 is 0 Å². The molecule has 0 aromatic carbocycles. The predicted octanol–water partition coefficient (Wildman–Crippen LogP) is 0.575. The molecule has 96 valence electrons. The molecular weight excluding hydrogens is 310 g/mol. The van der Waals surface area contributed by atoms with E-state index in [1.807, 2.05) is 0 Å². The van der Waals surface area contributed by atoms with Gasteiger partial charge in [0.2, 0.25) is 0 Å². The van der Waals surface area contributed by atoms with E-state index in [-0.39, 0.29) is 64.2 Å². The third kappa shape index (κ3) is 3.28. The molecule has 0 unspecified atom stereocenters. The summed E-state index contributed by atoms with van der Waals surface area (Å²) in [4.78, 5) is 8.75. The average Bonchev–Trinajstić information content (AvgIpc) is 2.52. The van der Waals surface area contributed by atoms with Crippen molar-refractivity contribution in [2.45, 2.75) is 52.1 Å². The fourth-order valence-corrected chi connectivity index (χ4v) is 2.68. The smallest absolute Gasteiger partial charge is 0.461 e. The first kappa shape index (κ1) is 15.6. The zero-order valence-electron chi connectivity index (χ0n) is 12.1. The first-order chi connectivity index (χ1) is 8.75. The van der Waals surface area contributed by atoms with Gasteiger partial charge in [-0.1, -0.05) is 20.3 Å². The van der Waals surface area contributed by atoms with E-state index >= 15 is 0 Å².